The van der Waals surface area contributed by atoms with Crippen LogP contribution < -0.4 is 14.8 Å². The van der Waals surface area contributed by atoms with E-state index in [4.69, 9.17) is 9.47 Å². The van der Waals surface area contributed by atoms with Crippen molar-refractivity contribution in [2.45, 2.75) is 20.4 Å². The molecule has 0 fully saturated rings. The van der Waals surface area contributed by atoms with Gasteiger partial charge in [0.1, 0.15) is 0 Å². The second kappa shape index (κ2) is 7.49. The van der Waals surface area contributed by atoms with Gasteiger partial charge in [0.15, 0.2) is 11.5 Å². The van der Waals surface area contributed by atoms with E-state index in [1.54, 1.807) is 22.9 Å². The van der Waals surface area contributed by atoms with Gasteiger partial charge in [0.2, 0.25) is 0 Å². The quantitative estimate of drug-likeness (QED) is 0.851. The Bertz CT molecular complexity index is 637. The van der Waals surface area contributed by atoms with Crippen LogP contribution in [0.15, 0.2) is 30.5 Å². The summed E-state index contributed by atoms with van der Waals surface area (Å²) < 4.78 is 12.7. The molecule has 0 saturated carbocycles. The van der Waals surface area contributed by atoms with Gasteiger partial charge in [-0.2, -0.15) is 5.10 Å². The smallest absolute Gasteiger partial charge is 0.251 e. The number of benzene rings is 1. The number of rotatable bonds is 7. The van der Waals surface area contributed by atoms with Gasteiger partial charge in [0, 0.05) is 18.8 Å². The third-order valence-corrected chi connectivity index (χ3v) is 3.00. The van der Waals surface area contributed by atoms with E-state index in [2.05, 4.69) is 10.4 Å². The van der Waals surface area contributed by atoms with Gasteiger partial charge in [0.25, 0.3) is 5.91 Å². The second-order valence-corrected chi connectivity index (χ2v) is 4.69. The third kappa shape index (κ3) is 4.00. The minimum absolute atomic E-state index is 0.172. The number of carbonyl (C=O) groups excluding carboxylic acids is 1. The first-order valence-corrected chi connectivity index (χ1v) is 7.30. The molecule has 0 radical (unpaired) electrons. The van der Waals surface area contributed by atoms with Gasteiger partial charge in [-0.3, -0.25) is 9.48 Å². The van der Waals surface area contributed by atoms with Crippen LogP contribution in [-0.4, -0.2) is 28.9 Å². The Morgan fingerprint density at radius 2 is 1.91 bits per heavy atom. The van der Waals surface area contributed by atoms with Gasteiger partial charge < -0.3 is 14.8 Å². The van der Waals surface area contributed by atoms with Gasteiger partial charge in [-0.15, -0.1) is 0 Å². The van der Waals surface area contributed by atoms with E-state index >= 15 is 0 Å². The molecule has 0 bridgehead atoms. The van der Waals surface area contributed by atoms with Crippen molar-refractivity contribution < 1.29 is 14.3 Å². The molecule has 0 spiro atoms. The first-order valence-electron chi connectivity index (χ1n) is 7.30. The molecular formula is C16H21N3O3. The summed E-state index contributed by atoms with van der Waals surface area (Å²) in [5.74, 6) is 1.05. The van der Waals surface area contributed by atoms with Crippen molar-refractivity contribution in [2.24, 2.45) is 7.05 Å². The maximum absolute atomic E-state index is 12.2. The highest BCUT2D eigenvalue weighted by Crippen LogP contribution is 2.28. The Kier molecular flexibility index (Phi) is 5.41. The number of amides is 1. The molecule has 2 rings (SSSR count). The molecule has 0 aliphatic rings. The van der Waals surface area contributed by atoms with Crippen molar-refractivity contribution in [3.63, 3.8) is 0 Å². The van der Waals surface area contributed by atoms with Crippen molar-refractivity contribution in [3.05, 3.63) is 41.7 Å². The lowest BCUT2D eigenvalue weighted by Gasteiger charge is -2.12. The average molecular weight is 303 g/mol. The summed E-state index contributed by atoms with van der Waals surface area (Å²) in [7, 11) is 1.84. The molecule has 1 aromatic carbocycles. The van der Waals surface area contributed by atoms with Gasteiger partial charge in [0.05, 0.1) is 25.5 Å². The van der Waals surface area contributed by atoms with Crippen LogP contribution >= 0.6 is 0 Å². The number of carbonyl (C=O) groups is 1. The summed E-state index contributed by atoms with van der Waals surface area (Å²) in [4.78, 5) is 12.2. The van der Waals surface area contributed by atoms with Crippen molar-refractivity contribution in [2.75, 3.05) is 13.2 Å². The zero-order valence-corrected chi connectivity index (χ0v) is 13.1. The van der Waals surface area contributed by atoms with Gasteiger partial charge in [-0.05, 0) is 38.1 Å². The van der Waals surface area contributed by atoms with Crippen LogP contribution in [0.2, 0.25) is 0 Å². The summed E-state index contributed by atoms with van der Waals surface area (Å²) >= 11 is 0. The van der Waals surface area contributed by atoms with E-state index in [1.807, 2.05) is 33.2 Å². The normalized spacial score (nSPS) is 10.3. The molecule has 1 aromatic heterocycles. The zero-order valence-electron chi connectivity index (χ0n) is 13.1. The molecule has 6 nitrogen and oxygen atoms in total. The zero-order chi connectivity index (χ0) is 15.9. The predicted octanol–water partition coefficient (Wildman–Crippen LogP) is 2.15. The SMILES string of the molecule is CCOc1ccc(C(=O)NCc2ccn(C)n2)cc1OCC. The van der Waals surface area contributed by atoms with Crippen LogP contribution in [0.3, 0.4) is 0 Å². The molecule has 0 unspecified atom stereocenters. The van der Waals surface area contributed by atoms with Gasteiger partial charge in [-0.1, -0.05) is 0 Å². The largest absolute Gasteiger partial charge is 0.490 e. The van der Waals surface area contributed by atoms with Crippen molar-refractivity contribution in [3.8, 4) is 11.5 Å². The van der Waals surface area contributed by atoms with Crippen LogP contribution in [0.4, 0.5) is 0 Å². The molecule has 118 valence electrons. The van der Waals surface area contributed by atoms with Gasteiger partial charge >= 0.3 is 0 Å². The van der Waals surface area contributed by atoms with E-state index in [0.29, 0.717) is 36.8 Å². The fraction of sp³-hybridized carbons (Fsp3) is 0.375. The van der Waals surface area contributed by atoms with Crippen LogP contribution in [0.1, 0.15) is 29.9 Å². The predicted molar refractivity (Wildman–Crippen MR) is 83.2 cm³/mol. The second-order valence-electron chi connectivity index (χ2n) is 4.69. The van der Waals surface area contributed by atoms with E-state index < -0.39 is 0 Å². The van der Waals surface area contributed by atoms with Crippen LogP contribution in [0.5, 0.6) is 11.5 Å². The Morgan fingerprint density at radius 1 is 1.18 bits per heavy atom. The molecule has 2 aromatic rings. The number of ether oxygens (including phenoxy) is 2. The number of hydrogen-bond acceptors (Lipinski definition) is 4. The molecule has 22 heavy (non-hydrogen) atoms. The minimum atomic E-state index is -0.172. The summed E-state index contributed by atoms with van der Waals surface area (Å²) in [5, 5.41) is 7.06. The maximum Gasteiger partial charge on any atom is 0.251 e. The monoisotopic (exact) mass is 303 g/mol. The molecule has 0 aliphatic heterocycles. The lowest BCUT2D eigenvalue weighted by atomic mass is 10.2. The van der Waals surface area contributed by atoms with Crippen molar-refractivity contribution >= 4 is 5.91 Å². The van der Waals surface area contributed by atoms with E-state index in [1.165, 1.54) is 0 Å². The molecule has 1 amide bonds. The Morgan fingerprint density at radius 3 is 2.55 bits per heavy atom. The van der Waals surface area contributed by atoms with Gasteiger partial charge in [-0.25, -0.2) is 0 Å². The van der Waals surface area contributed by atoms with E-state index in [9.17, 15) is 4.79 Å². The summed E-state index contributed by atoms with van der Waals surface area (Å²) in [6.07, 6.45) is 1.84. The lowest BCUT2D eigenvalue weighted by molar-refractivity contribution is 0.0950. The number of hydrogen-bond donors (Lipinski definition) is 1. The topological polar surface area (TPSA) is 65.4 Å². The molecular weight excluding hydrogens is 282 g/mol. The van der Waals surface area contributed by atoms with E-state index in [0.717, 1.165) is 5.69 Å². The highest BCUT2D eigenvalue weighted by molar-refractivity contribution is 5.94. The average Bonchev–Trinajstić information content (AvgIpc) is 2.92. The summed E-state index contributed by atoms with van der Waals surface area (Å²) in [6.45, 7) is 5.24. The number of nitrogens with zero attached hydrogens (tertiary/aromatic N) is 2. The molecule has 0 saturated heterocycles. The maximum atomic E-state index is 12.2. The molecule has 6 heteroatoms. The molecule has 0 atom stereocenters. The number of aryl methyl sites for hydroxylation is 1. The summed E-state index contributed by atoms with van der Waals surface area (Å²) in [6, 6.07) is 7.04. The highest BCUT2D eigenvalue weighted by atomic mass is 16.5. The Hall–Kier alpha value is -2.50. The van der Waals surface area contributed by atoms with Crippen LogP contribution in [0, 0.1) is 0 Å². The van der Waals surface area contributed by atoms with Crippen molar-refractivity contribution in [1.29, 1.82) is 0 Å². The van der Waals surface area contributed by atoms with Crippen LogP contribution in [0.25, 0.3) is 0 Å². The lowest BCUT2D eigenvalue weighted by Crippen LogP contribution is -2.23. The molecule has 1 heterocycles. The van der Waals surface area contributed by atoms with E-state index in [-0.39, 0.29) is 5.91 Å². The first kappa shape index (κ1) is 15.9. The first-order chi connectivity index (χ1) is 10.6. The summed E-state index contributed by atoms with van der Waals surface area (Å²) in [5.41, 5.74) is 1.34. The Labute approximate surface area is 130 Å². The number of nitrogens with one attached hydrogen (secondary N) is 1. The minimum Gasteiger partial charge on any atom is -0.490 e. The van der Waals surface area contributed by atoms with Crippen molar-refractivity contribution in [1.82, 2.24) is 15.1 Å². The Balaban J connectivity index is 2.06. The van der Waals surface area contributed by atoms with Crippen LogP contribution in [-0.2, 0) is 13.6 Å². The standard InChI is InChI=1S/C16H21N3O3/c1-4-21-14-7-6-12(10-15(14)22-5-2)16(20)17-11-13-8-9-19(3)18-13/h6-10H,4-5,11H2,1-3H3,(H,17,20). The highest BCUT2D eigenvalue weighted by Gasteiger charge is 2.11. The third-order valence-electron chi connectivity index (χ3n) is 3.00. The molecule has 0 aliphatic carbocycles. The fourth-order valence-corrected chi connectivity index (χ4v) is 2.02. The number of aromatic nitrogens is 2. The molecule has 1 N–H and O–H groups in total. The fourth-order valence-electron chi connectivity index (χ4n) is 2.02.